The van der Waals surface area contributed by atoms with Gasteiger partial charge in [-0.1, -0.05) is 40.0 Å². The van der Waals surface area contributed by atoms with Crippen LogP contribution < -0.4 is 4.74 Å². The first-order valence-electron chi connectivity index (χ1n) is 11.5. The van der Waals surface area contributed by atoms with Gasteiger partial charge in [-0.05, 0) is 31.2 Å². The first-order chi connectivity index (χ1) is 17.9. The monoisotopic (exact) mass is 597 g/mol. The summed E-state index contributed by atoms with van der Waals surface area (Å²) in [6.07, 6.45) is 6.85. The average Bonchev–Trinajstić information content (AvgIpc) is 3.57. The average molecular weight is 599 g/mol. The van der Waals surface area contributed by atoms with Crippen molar-refractivity contribution in [1.29, 1.82) is 0 Å². The lowest BCUT2D eigenvalue weighted by molar-refractivity contribution is -0.134. The normalized spacial score (nSPS) is 18.0. The highest BCUT2D eigenvalue weighted by molar-refractivity contribution is 7.98. The SMILES string of the molecule is CSc1nccnc1OCC(=O)N1CCC(c2nc(C3=NOC(c4c(Cl)cc(Cl)cc4Cl)C3)cs2)CC1. The van der Waals surface area contributed by atoms with E-state index in [1.54, 1.807) is 35.9 Å². The molecule has 1 amide bonds. The first-order valence-corrected chi connectivity index (χ1v) is 14.7. The van der Waals surface area contributed by atoms with Crippen molar-refractivity contribution in [3.8, 4) is 5.88 Å². The molecule has 1 unspecified atom stereocenters. The summed E-state index contributed by atoms with van der Waals surface area (Å²) in [5.41, 5.74) is 2.23. The quantitative estimate of drug-likeness (QED) is 0.296. The lowest BCUT2D eigenvalue weighted by Gasteiger charge is -2.31. The van der Waals surface area contributed by atoms with Crippen molar-refractivity contribution >= 4 is 69.5 Å². The molecule has 13 heteroatoms. The Morgan fingerprint density at radius 3 is 2.65 bits per heavy atom. The molecule has 1 atom stereocenters. The molecule has 0 spiro atoms. The molecule has 8 nitrogen and oxygen atoms in total. The van der Waals surface area contributed by atoms with Crippen molar-refractivity contribution in [3.05, 3.63) is 61.2 Å². The number of rotatable bonds is 7. The maximum Gasteiger partial charge on any atom is 0.260 e. The lowest BCUT2D eigenvalue weighted by atomic mass is 9.97. The van der Waals surface area contributed by atoms with Crippen LogP contribution in [0.4, 0.5) is 0 Å². The van der Waals surface area contributed by atoms with E-state index in [1.165, 1.54) is 11.8 Å². The fourth-order valence-electron chi connectivity index (χ4n) is 4.30. The molecule has 0 bridgehead atoms. The molecule has 0 saturated carbocycles. The number of halogens is 3. The number of amides is 1. The van der Waals surface area contributed by atoms with Gasteiger partial charge < -0.3 is 14.5 Å². The highest BCUT2D eigenvalue weighted by atomic mass is 35.5. The summed E-state index contributed by atoms with van der Waals surface area (Å²) in [6.45, 7) is 1.25. The Bertz CT molecular complexity index is 1310. The van der Waals surface area contributed by atoms with Crippen LogP contribution in [0.25, 0.3) is 0 Å². The predicted octanol–water partition coefficient (Wildman–Crippen LogP) is 6.27. The molecule has 194 valence electrons. The third-order valence-electron chi connectivity index (χ3n) is 6.21. The maximum absolute atomic E-state index is 12.7. The Morgan fingerprint density at radius 1 is 1.19 bits per heavy atom. The minimum Gasteiger partial charge on any atom is -0.466 e. The molecule has 3 aromatic rings. The Labute approximate surface area is 237 Å². The molecular formula is C24H22Cl3N5O3S2. The number of thiazole rings is 1. The predicted molar refractivity (Wildman–Crippen MR) is 146 cm³/mol. The summed E-state index contributed by atoms with van der Waals surface area (Å²) in [5, 5.41) is 9.32. The van der Waals surface area contributed by atoms with Crippen molar-refractivity contribution in [2.24, 2.45) is 5.16 Å². The van der Waals surface area contributed by atoms with Crippen LogP contribution in [0.3, 0.4) is 0 Å². The minimum absolute atomic E-state index is 0.0546. The van der Waals surface area contributed by atoms with E-state index in [4.69, 9.17) is 49.4 Å². The number of carbonyl (C=O) groups excluding carboxylic acids is 1. The van der Waals surface area contributed by atoms with Gasteiger partial charge in [0.1, 0.15) is 5.71 Å². The molecule has 4 heterocycles. The summed E-state index contributed by atoms with van der Waals surface area (Å²) in [6, 6.07) is 3.29. The fraction of sp³-hybridized carbons (Fsp3) is 0.375. The Morgan fingerprint density at radius 2 is 1.92 bits per heavy atom. The van der Waals surface area contributed by atoms with Gasteiger partial charge in [0.2, 0.25) is 5.88 Å². The summed E-state index contributed by atoms with van der Waals surface area (Å²) in [4.78, 5) is 33.4. The number of carbonyl (C=O) groups is 1. The van der Waals surface area contributed by atoms with Gasteiger partial charge in [-0.15, -0.1) is 23.1 Å². The molecule has 1 fully saturated rings. The van der Waals surface area contributed by atoms with E-state index in [0.29, 0.717) is 51.0 Å². The largest absolute Gasteiger partial charge is 0.466 e. The smallest absolute Gasteiger partial charge is 0.260 e. The summed E-state index contributed by atoms with van der Waals surface area (Å²) in [5.74, 6) is 0.611. The van der Waals surface area contributed by atoms with E-state index in [0.717, 1.165) is 29.3 Å². The molecule has 37 heavy (non-hydrogen) atoms. The second-order valence-electron chi connectivity index (χ2n) is 8.50. The van der Waals surface area contributed by atoms with E-state index in [2.05, 4.69) is 15.1 Å². The molecule has 5 rings (SSSR count). The Balaban J connectivity index is 1.14. The zero-order valence-electron chi connectivity index (χ0n) is 19.7. The van der Waals surface area contributed by atoms with Gasteiger partial charge in [-0.2, -0.15) is 0 Å². The number of oxime groups is 1. The zero-order chi connectivity index (χ0) is 25.9. The lowest BCUT2D eigenvalue weighted by Crippen LogP contribution is -2.40. The van der Waals surface area contributed by atoms with Crippen LogP contribution >= 0.6 is 57.9 Å². The van der Waals surface area contributed by atoms with Gasteiger partial charge in [0, 0.05) is 53.8 Å². The van der Waals surface area contributed by atoms with Crippen LogP contribution in [0.5, 0.6) is 5.88 Å². The van der Waals surface area contributed by atoms with Crippen LogP contribution in [0.2, 0.25) is 15.1 Å². The van der Waals surface area contributed by atoms with E-state index >= 15 is 0 Å². The fourth-order valence-corrected chi connectivity index (χ4v) is 6.81. The highest BCUT2D eigenvalue weighted by Gasteiger charge is 2.31. The number of thioether (sulfide) groups is 1. The summed E-state index contributed by atoms with van der Waals surface area (Å²) >= 11 is 21.8. The van der Waals surface area contributed by atoms with Crippen LogP contribution in [-0.2, 0) is 9.63 Å². The van der Waals surface area contributed by atoms with Crippen LogP contribution in [0.1, 0.15) is 47.5 Å². The van der Waals surface area contributed by atoms with Crippen molar-refractivity contribution in [2.45, 2.75) is 36.3 Å². The van der Waals surface area contributed by atoms with E-state index in [1.807, 2.05) is 16.5 Å². The molecule has 2 aliphatic heterocycles. The molecule has 2 aromatic heterocycles. The molecule has 1 saturated heterocycles. The number of piperidine rings is 1. The van der Waals surface area contributed by atoms with Crippen LogP contribution in [-0.4, -0.2) is 57.4 Å². The first kappa shape index (κ1) is 26.5. The second-order valence-corrected chi connectivity index (χ2v) is 11.4. The van der Waals surface area contributed by atoms with E-state index in [-0.39, 0.29) is 24.5 Å². The zero-order valence-corrected chi connectivity index (χ0v) is 23.6. The van der Waals surface area contributed by atoms with Gasteiger partial charge in [0.15, 0.2) is 17.7 Å². The molecule has 0 radical (unpaired) electrons. The summed E-state index contributed by atoms with van der Waals surface area (Å²) in [7, 11) is 0. The third kappa shape index (κ3) is 5.98. The van der Waals surface area contributed by atoms with Crippen LogP contribution in [0, 0.1) is 0 Å². The van der Waals surface area contributed by atoms with E-state index in [9.17, 15) is 4.79 Å². The van der Waals surface area contributed by atoms with Gasteiger partial charge in [0.05, 0.1) is 20.7 Å². The molecule has 2 aliphatic rings. The number of aromatic nitrogens is 3. The number of likely N-dealkylation sites (tertiary alicyclic amines) is 1. The highest BCUT2D eigenvalue weighted by Crippen LogP contribution is 2.40. The number of hydrogen-bond acceptors (Lipinski definition) is 9. The van der Waals surface area contributed by atoms with Crippen molar-refractivity contribution in [1.82, 2.24) is 19.9 Å². The minimum atomic E-state index is -0.386. The van der Waals surface area contributed by atoms with Crippen molar-refractivity contribution in [2.75, 3.05) is 26.0 Å². The maximum atomic E-state index is 12.7. The van der Waals surface area contributed by atoms with Gasteiger partial charge in [0.25, 0.3) is 5.91 Å². The molecule has 0 aliphatic carbocycles. The summed E-state index contributed by atoms with van der Waals surface area (Å²) < 4.78 is 5.63. The number of benzene rings is 1. The number of hydrogen-bond donors (Lipinski definition) is 0. The van der Waals surface area contributed by atoms with E-state index < -0.39 is 0 Å². The van der Waals surface area contributed by atoms with Gasteiger partial charge in [-0.25, -0.2) is 15.0 Å². The molecule has 1 aromatic carbocycles. The third-order valence-corrected chi connectivity index (χ3v) is 8.73. The molecule has 0 N–H and O–H groups in total. The standard InChI is InChI=1S/C24H22Cl3N5O3S2/c1-36-24-22(28-4-5-29-24)34-11-20(33)32-6-2-13(3-7-32)23-30-18(12-37-23)17-10-19(35-31-17)21-15(26)8-14(25)9-16(21)27/h4-5,8-9,12-13,19H,2-3,6-7,10-11H2,1H3. The second kappa shape index (κ2) is 11.7. The van der Waals surface area contributed by atoms with Gasteiger partial charge in [-0.3, -0.25) is 4.79 Å². The topological polar surface area (TPSA) is 89.8 Å². The molecular weight excluding hydrogens is 577 g/mol. The Kier molecular flexibility index (Phi) is 8.40. The van der Waals surface area contributed by atoms with Crippen molar-refractivity contribution < 1.29 is 14.4 Å². The van der Waals surface area contributed by atoms with Crippen molar-refractivity contribution in [3.63, 3.8) is 0 Å². The van der Waals surface area contributed by atoms with Crippen LogP contribution in [0.15, 0.2) is 40.1 Å². The number of nitrogens with zero attached hydrogens (tertiary/aromatic N) is 5. The Hall–Kier alpha value is -2.11. The van der Waals surface area contributed by atoms with Gasteiger partial charge >= 0.3 is 0 Å². The number of ether oxygens (including phenoxy) is 1.